The Balaban J connectivity index is 1.04. The standard InChI is InChI=1S/C39H47N5O3S/c1-25-20-30(14-17-34(25)47-2)27-8-6-26(7-9-27)24-44(33-5-3-4-31(21-33)35-23-42-38(48-35)28-10-11-28)39(46)29-12-15-32(16-13-29)43-37(45)22-36-40-18-19-41-36/h3-5,14,17-21,23,26-29,32H,6-13,15-16,22,24H2,1-2H3,(H,40,41)(H,43,45). The Morgan fingerprint density at radius 3 is 2.46 bits per heavy atom. The van der Waals surface area contributed by atoms with Gasteiger partial charge >= 0.3 is 0 Å². The molecule has 252 valence electrons. The second kappa shape index (κ2) is 14.6. The number of methoxy groups -OCH3 is 1. The van der Waals surface area contributed by atoms with Crippen LogP contribution < -0.4 is 15.0 Å². The zero-order valence-corrected chi connectivity index (χ0v) is 28.9. The van der Waals surface area contributed by atoms with Crippen molar-refractivity contribution < 1.29 is 14.3 Å². The molecule has 2 heterocycles. The smallest absolute Gasteiger partial charge is 0.230 e. The number of aromatic nitrogens is 3. The highest BCUT2D eigenvalue weighted by atomic mass is 32.1. The maximum atomic E-state index is 14.5. The maximum Gasteiger partial charge on any atom is 0.230 e. The van der Waals surface area contributed by atoms with Crippen LogP contribution in [-0.2, 0) is 16.0 Å². The van der Waals surface area contributed by atoms with Crippen molar-refractivity contribution in [3.8, 4) is 16.2 Å². The number of nitrogens with one attached hydrogen (secondary N) is 2. The van der Waals surface area contributed by atoms with Crippen LogP contribution in [0.1, 0.15) is 98.0 Å². The van der Waals surface area contributed by atoms with E-state index in [-0.39, 0.29) is 30.2 Å². The molecule has 0 radical (unpaired) electrons. The van der Waals surface area contributed by atoms with Gasteiger partial charge in [0.2, 0.25) is 11.8 Å². The molecule has 3 fully saturated rings. The Morgan fingerprint density at radius 2 is 1.75 bits per heavy atom. The molecule has 3 saturated carbocycles. The van der Waals surface area contributed by atoms with Gasteiger partial charge in [-0.3, -0.25) is 9.59 Å². The molecule has 48 heavy (non-hydrogen) atoms. The number of hydrogen-bond donors (Lipinski definition) is 2. The Kier molecular flexibility index (Phi) is 9.93. The van der Waals surface area contributed by atoms with Crippen molar-refractivity contribution in [2.45, 2.75) is 95.4 Å². The lowest BCUT2D eigenvalue weighted by Gasteiger charge is -2.36. The van der Waals surface area contributed by atoms with E-state index in [0.29, 0.717) is 23.6 Å². The van der Waals surface area contributed by atoms with E-state index >= 15 is 0 Å². The van der Waals surface area contributed by atoms with Gasteiger partial charge in [0.25, 0.3) is 0 Å². The van der Waals surface area contributed by atoms with Crippen LogP contribution in [0.5, 0.6) is 5.75 Å². The fourth-order valence-corrected chi connectivity index (χ4v) is 8.80. The Labute approximate surface area is 287 Å². The SMILES string of the molecule is COc1ccc(C2CCC(CN(C(=O)C3CCC(NC(=O)Cc4ncc[nH]4)CC3)c3cccc(-c4cnc(C5CC5)s4)c3)CC2)cc1C. The number of H-pyrrole nitrogens is 1. The molecule has 0 aliphatic heterocycles. The third-order valence-corrected chi connectivity index (χ3v) is 11.9. The summed E-state index contributed by atoms with van der Waals surface area (Å²) in [5, 5.41) is 4.41. The largest absolute Gasteiger partial charge is 0.496 e. The minimum atomic E-state index is -0.0460. The molecular weight excluding hydrogens is 619 g/mol. The predicted molar refractivity (Wildman–Crippen MR) is 190 cm³/mol. The zero-order chi connectivity index (χ0) is 33.0. The number of nitrogens with zero attached hydrogens (tertiary/aromatic N) is 3. The molecule has 2 aromatic carbocycles. The second-order valence-electron chi connectivity index (χ2n) is 14.1. The number of anilines is 1. The average molecular weight is 666 g/mol. The number of ether oxygens (including phenoxy) is 1. The molecule has 2 N–H and O–H groups in total. The number of carbonyl (C=O) groups excluding carboxylic acids is 2. The number of carbonyl (C=O) groups is 2. The van der Waals surface area contributed by atoms with E-state index in [4.69, 9.17) is 9.72 Å². The van der Waals surface area contributed by atoms with Crippen molar-refractivity contribution in [1.29, 1.82) is 0 Å². The summed E-state index contributed by atoms with van der Waals surface area (Å²) in [6.45, 7) is 2.86. The Morgan fingerprint density at radius 1 is 0.958 bits per heavy atom. The first kappa shape index (κ1) is 32.6. The molecule has 8 nitrogen and oxygen atoms in total. The average Bonchev–Trinajstić information content (AvgIpc) is 3.60. The van der Waals surface area contributed by atoms with Crippen LogP contribution in [0.4, 0.5) is 5.69 Å². The minimum absolute atomic E-state index is 0.0218. The van der Waals surface area contributed by atoms with Gasteiger partial charge < -0.3 is 19.9 Å². The van der Waals surface area contributed by atoms with Crippen LogP contribution in [0.3, 0.4) is 0 Å². The molecule has 3 aliphatic carbocycles. The van der Waals surface area contributed by atoms with Crippen molar-refractivity contribution in [1.82, 2.24) is 20.3 Å². The van der Waals surface area contributed by atoms with E-state index in [1.165, 1.54) is 33.9 Å². The zero-order valence-electron chi connectivity index (χ0n) is 28.1. The van der Waals surface area contributed by atoms with Gasteiger partial charge in [0, 0.05) is 48.7 Å². The number of benzene rings is 2. The van der Waals surface area contributed by atoms with E-state index in [1.54, 1.807) is 30.8 Å². The summed E-state index contributed by atoms with van der Waals surface area (Å²) in [5.41, 5.74) is 4.71. The molecular formula is C39H47N5O3S. The van der Waals surface area contributed by atoms with Crippen molar-refractivity contribution in [2.24, 2.45) is 11.8 Å². The van der Waals surface area contributed by atoms with E-state index in [9.17, 15) is 9.59 Å². The minimum Gasteiger partial charge on any atom is -0.496 e. The summed E-state index contributed by atoms with van der Waals surface area (Å²) < 4.78 is 5.49. The molecule has 0 spiro atoms. The molecule has 0 unspecified atom stereocenters. The lowest BCUT2D eigenvalue weighted by Crippen LogP contribution is -2.44. The van der Waals surface area contributed by atoms with Crippen LogP contribution in [0.15, 0.2) is 61.1 Å². The van der Waals surface area contributed by atoms with Crippen molar-refractivity contribution in [2.75, 3.05) is 18.6 Å². The monoisotopic (exact) mass is 665 g/mol. The molecule has 0 saturated heterocycles. The van der Waals surface area contributed by atoms with Crippen LogP contribution in [0, 0.1) is 18.8 Å². The number of aryl methyl sites for hydroxylation is 1. The molecule has 3 aliphatic rings. The second-order valence-corrected chi connectivity index (χ2v) is 15.2. The first-order valence-electron chi connectivity index (χ1n) is 17.7. The van der Waals surface area contributed by atoms with Gasteiger partial charge in [0.1, 0.15) is 11.6 Å². The van der Waals surface area contributed by atoms with Crippen LogP contribution in [0.2, 0.25) is 0 Å². The molecule has 7 rings (SSSR count). The highest BCUT2D eigenvalue weighted by Gasteiger charge is 2.33. The van der Waals surface area contributed by atoms with Gasteiger partial charge in [-0.15, -0.1) is 11.3 Å². The first-order valence-corrected chi connectivity index (χ1v) is 18.5. The molecule has 2 aromatic heterocycles. The number of amides is 2. The molecule has 2 amide bonds. The lowest BCUT2D eigenvalue weighted by molar-refractivity contribution is -0.123. The van der Waals surface area contributed by atoms with Crippen LogP contribution in [-0.4, -0.2) is 46.5 Å². The molecule has 4 aromatic rings. The quantitative estimate of drug-likeness (QED) is 0.169. The maximum absolute atomic E-state index is 14.5. The highest BCUT2D eigenvalue weighted by molar-refractivity contribution is 7.15. The third-order valence-electron chi connectivity index (χ3n) is 10.7. The Hall–Kier alpha value is -3.98. The van der Waals surface area contributed by atoms with Gasteiger partial charge in [-0.05, 0) is 118 Å². The van der Waals surface area contributed by atoms with Crippen molar-refractivity contribution >= 4 is 28.8 Å². The summed E-state index contributed by atoms with van der Waals surface area (Å²) in [7, 11) is 1.73. The van der Waals surface area contributed by atoms with Crippen molar-refractivity contribution in [3.63, 3.8) is 0 Å². The number of thiazole rings is 1. The summed E-state index contributed by atoms with van der Waals surface area (Å²) in [5.74, 6) is 3.40. The molecule has 0 atom stereocenters. The normalized spacial score (nSPS) is 22.6. The van der Waals surface area contributed by atoms with Crippen LogP contribution >= 0.6 is 11.3 Å². The van der Waals surface area contributed by atoms with Gasteiger partial charge in [0.05, 0.1) is 23.4 Å². The van der Waals surface area contributed by atoms with E-state index in [2.05, 4.69) is 69.6 Å². The highest BCUT2D eigenvalue weighted by Crippen LogP contribution is 2.44. The van der Waals surface area contributed by atoms with Gasteiger partial charge in [0.15, 0.2) is 0 Å². The summed E-state index contributed by atoms with van der Waals surface area (Å²) in [6.07, 6.45) is 15.8. The number of imidazole rings is 1. The first-order chi connectivity index (χ1) is 23.4. The van der Waals surface area contributed by atoms with E-state index < -0.39 is 0 Å². The van der Waals surface area contributed by atoms with Gasteiger partial charge in [-0.2, -0.15) is 0 Å². The van der Waals surface area contributed by atoms with E-state index in [0.717, 1.165) is 74.9 Å². The lowest BCUT2D eigenvalue weighted by atomic mass is 9.78. The molecule has 9 heteroatoms. The number of aromatic amines is 1. The fourth-order valence-electron chi connectivity index (χ4n) is 7.71. The summed E-state index contributed by atoms with van der Waals surface area (Å²) in [6, 6.07) is 15.3. The van der Waals surface area contributed by atoms with E-state index in [1.807, 2.05) is 6.20 Å². The number of rotatable bonds is 11. The Bertz CT molecular complexity index is 1700. The van der Waals surface area contributed by atoms with Crippen LogP contribution in [0.25, 0.3) is 10.4 Å². The topological polar surface area (TPSA) is 100 Å². The van der Waals surface area contributed by atoms with Gasteiger partial charge in [-0.25, -0.2) is 9.97 Å². The third kappa shape index (κ3) is 7.67. The summed E-state index contributed by atoms with van der Waals surface area (Å²) in [4.78, 5) is 42.2. The van der Waals surface area contributed by atoms with Gasteiger partial charge in [-0.1, -0.05) is 24.3 Å². The fraction of sp³-hybridized carbons (Fsp3) is 0.487. The molecule has 0 bridgehead atoms. The summed E-state index contributed by atoms with van der Waals surface area (Å²) >= 11 is 1.79. The number of hydrogen-bond acceptors (Lipinski definition) is 6. The van der Waals surface area contributed by atoms with Crippen molar-refractivity contribution in [3.05, 3.63) is 83.0 Å². The predicted octanol–water partition coefficient (Wildman–Crippen LogP) is 7.95.